The molecule has 22 heavy (non-hydrogen) atoms. The monoisotopic (exact) mass is 308 g/mol. The van der Waals surface area contributed by atoms with Crippen LogP contribution in [0.5, 0.6) is 0 Å². The van der Waals surface area contributed by atoms with Gasteiger partial charge in [-0.2, -0.15) is 0 Å². The van der Waals surface area contributed by atoms with Gasteiger partial charge in [0, 0.05) is 39.1 Å². The van der Waals surface area contributed by atoms with E-state index in [4.69, 9.17) is 0 Å². The van der Waals surface area contributed by atoms with Crippen LogP contribution in [0.15, 0.2) is 4.99 Å². The number of aliphatic imine (C=N–C) groups is 1. The van der Waals surface area contributed by atoms with Gasteiger partial charge in [0.1, 0.15) is 0 Å². The normalized spacial score (nSPS) is 24.6. The second-order valence-corrected chi connectivity index (χ2v) is 6.81. The van der Waals surface area contributed by atoms with E-state index in [-0.39, 0.29) is 5.91 Å². The van der Waals surface area contributed by atoms with Crippen LogP contribution in [0.3, 0.4) is 0 Å². The molecule has 1 atom stereocenters. The molecule has 1 aliphatic heterocycles. The van der Waals surface area contributed by atoms with E-state index in [0.29, 0.717) is 17.9 Å². The lowest BCUT2D eigenvalue weighted by atomic mass is 9.83. The number of guanidine groups is 1. The first kappa shape index (κ1) is 17.1. The van der Waals surface area contributed by atoms with Gasteiger partial charge in [0.15, 0.2) is 5.96 Å². The number of nitrogens with zero attached hydrogens (tertiary/aromatic N) is 2. The van der Waals surface area contributed by atoms with Crippen LogP contribution in [0.25, 0.3) is 0 Å². The van der Waals surface area contributed by atoms with E-state index >= 15 is 0 Å². The maximum Gasteiger partial charge on any atom is 0.222 e. The molecule has 1 unspecified atom stereocenters. The van der Waals surface area contributed by atoms with Crippen LogP contribution < -0.4 is 10.6 Å². The molecule has 2 aliphatic rings. The van der Waals surface area contributed by atoms with Gasteiger partial charge in [-0.3, -0.25) is 9.79 Å². The zero-order chi connectivity index (χ0) is 16.0. The molecule has 2 rings (SSSR count). The van der Waals surface area contributed by atoms with Gasteiger partial charge < -0.3 is 15.5 Å². The number of hydrogen-bond acceptors (Lipinski definition) is 2. The SMILES string of the molecule is CCC(=O)N1CCC(NC(=NC)NCC2(CC)CCCC2)C1. The lowest BCUT2D eigenvalue weighted by molar-refractivity contribution is -0.129. The molecule has 5 heteroatoms. The van der Waals surface area contributed by atoms with Crippen LogP contribution >= 0.6 is 0 Å². The number of carbonyl (C=O) groups is 1. The molecule has 5 nitrogen and oxygen atoms in total. The fraction of sp³-hybridized carbons (Fsp3) is 0.882. The minimum Gasteiger partial charge on any atom is -0.356 e. The Morgan fingerprint density at radius 1 is 1.32 bits per heavy atom. The molecule has 0 aromatic heterocycles. The van der Waals surface area contributed by atoms with Crippen LogP contribution in [-0.4, -0.2) is 49.5 Å². The van der Waals surface area contributed by atoms with E-state index < -0.39 is 0 Å². The number of nitrogens with one attached hydrogen (secondary N) is 2. The highest BCUT2D eigenvalue weighted by Gasteiger charge is 2.32. The van der Waals surface area contributed by atoms with Crippen molar-refractivity contribution >= 4 is 11.9 Å². The number of amides is 1. The van der Waals surface area contributed by atoms with Gasteiger partial charge in [-0.05, 0) is 31.1 Å². The van der Waals surface area contributed by atoms with Crippen LogP contribution in [0.4, 0.5) is 0 Å². The first-order chi connectivity index (χ1) is 10.6. The minimum atomic E-state index is 0.253. The second-order valence-electron chi connectivity index (χ2n) is 6.81. The summed E-state index contributed by atoms with van der Waals surface area (Å²) in [5.41, 5.74) is 0.456. The number of hydrogen-bond donors (Lipinski definition) is 2. The van der Waals surface area contributed by atoms with Gasteiger partial charge in [-0.25, -0.2) is 0 Å². The Balaban J connectivity index is 1.79. The van der Waals surface area contributed by atoms with E-state index in [1.54, 1.807) is 0 Å². The highest BCUT2D eigenvalue weighted by molar-refractivity contribution is 5.80. The average molecular weight is 308 g/mol. The summed E-state index contributed by atoms with van der Waals surface area (Å²) in [5.74, 6) is 1.14. The molecule has 0 radical (unpaired) electrons. The minimum absolute atomic E-state index is 0.253. The van der Waals surface area contributed by atoms with Crippen molar-refractivity contribution in [2.45, 2.75) is 64.8 Å². The molecule has 126 valence electrons. The predicted molar refractivity (Wildman–Crippen MR) is 91.0 cm³/mol. The summed E-state index contributed by atoms with van der Waals surface area (Å²) in [4.78, 5) is 18.1. The Morgan fingerprint density at radius 3 is 2.64 bits per heavy atom. The van der Waals surface area contributed by atoms with Crippen molar-refractivity contribution < 1.29 is 4.79 Å². The zero-order valence-corrected chi connectivity index (χ0v) is 14.5. The molecule has 1 amide bonds. The third-order valence-electron chi connectivity index (χ3n) is 5.45. The number of rotatable bonds is 5. The van der Waals surface area contributed by atoms with Crippen LogP contribution in [0, 0.1) is 5.41 Å². The van der Waals surface area contributed by atoms with E-state index in [1.165, 1.54) is 32.1 Å². The Morgan fingerprint density at radius 2 is 2.05 bits per heavy atom. The lowest BCUT2D eigenvalue weighted by Gasteiger charge is -2.29. The van der Waals surface area contributed by atoms with Crippen LogP contribution in [0.1, 0.15) is 58.8 Å². The van der Waals surface area contributed by atoms with E-state index in [1.807, 2.05) is 18.9 Å². The zero-order valence-electron chi connectivity index (χ0n) is 14.5. The van der Waals surface area contributed by atoms with E-state index in [2.05, 4.69) is 22.5 Å². The van der Waals surface area contributed by atoms with Crippen molar-refractivity contribution in [3.05, 3.63) is 0 Å². The molecule has 1 heterocycles. The van der Waals surface area contributed by atoms with Crippen molar-refractivity contribution in [1.29, 1.82) is 0 Å². The van der Waals surface area contributed by atoms with Crippen LogP contribution in [-0.2, 0) is 4.79 Å². The largest absolute Gasteiger partial charge is 0.356 e. The second kappa shape index (κ2) is 7.84. The summed E-state index contributed by atoms with van der Waals surface area (Å²) in [6.07, 6.45) is 8.21. The van der Waals surface area contributed by atoms with Crippen molar-refractivity contribution in [3.63, 3.8) is 0 Å². The average Bonchev–Trinajstić information content (AvgIpc) is 3.20. The molecule has 1 aliphatic carbocycles. The summed E-state index contributed by atoms with van der Waals surface area (Å²) >= 11 is 0. The molecular formula is C17H32N4O. The van der Waals surface area contributed by atoms with Gasteiger partial charge in [-0.1, -0.05) is 26.7 Å². The standard InChI is InChI=1S/C17H32N4O/c1-4-15(22)21-11-8-14(12-21)20-16(18-3)19-13-17(5-2)9-6-7-10-17/h14H,4-13H2,1-3H3,(H2,18,19,20). The highest BCUT2D eigenvalue weighted by atomic mass is 16.2. The van der Waals surface area contributed by atoms with Gasteiger partial charge in [0.05, 0.1) is 0 Å². The van der Waals surface area contributed by atoms with Crippen molar-refractivity contribution in [2.24, 2.45) is 10.4 Å². The van der Waals surface area contributed by atoms with Gasteiger partial charge in [-0.15, -0.1) is 0 Å². The molecule has 0 spiro atoms. The van der Waals surface area contributed by atoms with Gasteiger partial charge in [0.25, 0.3) is 0 Å². The Hall–Kier alpha value is -1.26. The lowest BCUT2D eigenvalue weighted by Crippen LogP contribution is -2.47. The maximum atomic E-state index is 11.7. The smallest absolute Gasteiger partial charge is 0.222 e. The first-order valence-electron chi connectivity index (χ1n) is 8.87. The fourth-order valence-electron chi connectivity index (χ4n) is 3.77. The van der Waals surface area contributed by atoms with Crippen molar-refractivity contribution in [2.75, 3.05) is 26.7 Å². The Bertz CT molecular complexity index is 401. The highest BCUT2D eigenvalue weighted by Crippen LogP contribution is 2.40. The molecule has 1 saturated heterocycles. The fourth-order valence-corrected chi connectivity index (χ4v) is 3.77. The molecule has 2 fully saturated rings. The summed E-state index contributed by atoms with van der Waals surface area (Å²) in [7, 11) is 1.83. The van der Waals surface area contributed by atoms with Gasteiger partial charge >= 0.3 is 0 Å². The molecule has 2 N–H and O–H groups in total. The van der Waals surface area contributed by atoms with Crippen molar-refractivity contribution in [3.8, 4) is 0 Å². The summed E-state index contributed by atoms with van der Waals surface area (Å²) < 4.78 is 0. The molecule has 0 aromatic rings. The number of likely N-dealkylation sites (tertiary alicyclic amines) is 1. The summed E-state index contributed by atoms with van der Waals surface area (Å²) in [6.45, 7) is 6.89. The maximum absolute atomic E-state index is 11.7. The summed E-state index contributed by atoms with van der Waals surface area (Å²) in [6, 6.07) is 0.322. The predicted octanol–water partition coefficient (Wildman–Crippen LogP) is 2.13. The molecular weight excluding hydrogens is 276 g/mol. The Kier molecular flexibility index (Phi) is 6.09. The number of carbonyl (C=O) groups excluding carboxylic acids is 1. The molecule has 0 aromatic carbocycles. The third-order valence-corrected chi connectivity index (χ3v) is 5.45. The van der Waals surface area contributed by atoms with E-state index in [9.17, 15) is 4.79 Å². The van der Waals surface area contributed by atoms with Crippen molar-refractivity contribution in [1.82, 2.24) is 15.5 Å². The third kappa shape index (κ3) is 4.14. The molecule has 1 saturated carbocycles. The van der Waals surface area contributed by atoms with E-state index in [0.717, 1.165) is 32.0 Å². The first-order valence-corrected chi connectivity index (χ1v) is 8.87. The quantitative estimate of drug-likeness (QED) is 0.604. The molecule has 0 bridgehead atoms. The van der Waals surface area contributed by atoms with Gasteiger partial charge in [0.2, 0.25) is 5.91 Å². The summed E-state index contributed by atoms with van der Waals surface area (Å²) in [5, 5.41) is 7.01. The van der Waals surface area contributed by atoms with Crippen LogP contribution in [0.2, 0.25) is 0 Å². The Labute approximate surface area is 134 Å². The topological polar surface area (TPSA) is 56.7 Å².